The van der Waals surface area contributed by atoms with E-state index in [1.54, 1.807) is 0 Å². The molecule has 126 valence electrons. The molecule has 2 aromatic rings. The maximum Gasteiger partial charge on any atom is 0.407 e. The molecule has 1 unspecified atom stereocenters. The van der Waals surface area contributed by atoms with Gasteiger partial charge in [-0.15, -0.1) is 0 Å². The molecule has 0 bridgehead atoms. The fourth-order valence-electron chi connectivity index (χ4n) is 2.45. The largest absolute Gasteiger partial charge is 0.444 e. The minimum absolute atomic E-state index is 0.0488. The van der Waals surface area contributed by atoms with Crippen LogP contribution in [0.1, 0.15) is 39.7 Å². The Bertz CT molecular complexity index is 643. The molecule has 5 nitrogen and oxygen atoms in total. The lowest BCUT2D eigenvalue weighted by Crippen LogP contribution is -2.43. The number of rotatable bonds is 6. The van der Waals surface area contributed by atoms with Crippen LogP contribution in [-0.4, -0.2) is 29.3 Å². The molecule has 0 saturated carbocycles. The molecule has 0 spiro atoms. The average Bonchev–Trinajstić information content (AvgIpc) is 2.93. The van der Waals surface area contributed by atoms with Crippen LogP contribution in [0.15, 0.2) is 30.5 Å². The summed E-state index contributed by atoms with van der Waals surface area (Å²) in [5.74, 6) is 0. The van der Waals surface area contributed by atoms with E-state index < -0.39 is 5.60 Å². The Morgan fingerprint density at radius 1 is 1.30 bits per heavy atom. The number of ether oxygens (including phenoxy) is 1. The number of para-hydroxylation sites is 1. The Morgan fingerprint density at radius 3 is 2.78 bits per heavy atom. The molecule has 1 aromatic heterocycles. The number of aromatic amines is 1. The van der Waals surface area contributed by atoms with Crippen molar-refractivity contribution in [1.29, 1.82) is 0 Å². The monoisotopic (exact) mass is 317 g/mol. The van der Waals surface area contributed by atoms with E-state index in [4.69, 9.17) is 4.74 Å². The molecule has 0 saturated heterocycles. The van der Waals surface area contributed by atoms with Crippen molar-refractivity contribution in [2.75, 3.05) is 6.54 Å². The van der Waals surface area contributed by atoms with Gasteiger partial charge in [-0.1, -0.05) is 25.1 Å². The average molecular weight is 317 g/mol. The molecular formula is C18H27N3O2. The molecule has 0 aliphatic rings. The summed E-state index contributed by atoms with van der Waals surface area (Å²) >= 11 is 0. The summed E-state index contributed by atoms with van der Waals surface area (Å²) in [5.41, 5.74) is 1.91. The molecule has 1 aromatic carbocycles. The van der Waals surface area contributed by atoms with Gasteiger partial charge in [0.05, 0.1) is 0 Å². The number of hydrogen-bond acceptors (Lipinski definition) is 3. The maximum atomic E-state index is 11.8. The first-order valence-corrected chi connectivity index (χ1v) is 8.14. The molecule has 0 aliphatic carbocycles. The van der Waals surface area contributed by atoms with Gasteiger partial charge in [-0.3, -0.25) is 0 Å². The summed E-state index contributed by atoms with van der Waals surface area (Å²) in [4.78, 5) is 15.1. The summed E-state index contributed by atoms with van der Waals surface area (Å²) in [6, 6.07) is 8.37. The standard InChI is InChI=1S/C18H27N3O2/c1-5-15(21-17(22)23-18(2,3)4)12-19-11-14-8-6-7-13-9-10-20-16(13)14/h6-10,15,19-20H,5,11-12H2,1-4H3,(H,21,22). The highest BCUT2D eigenvalue weighted by Crippen LogP contribution is 2.16. The fraction of sp³-hybridized carbons (Fsp3) is 0.500. The van der Waals surface area contributed by atoms with E-state index in [-0.39, 0.29) is 12.1 Å². The molecule has 1 atom stereocenters. The molecule has 1 amide bonds. The lowest BCUT2D eigenvalue weighted by Gasteiger charge is -2.23. The molecule has 1 heterocycles. The van der Waals surface area contributed by atoms with Gasteiger partial charge in [0.25, 0.3) is 0 Å². The van der Waals surface area contributed by atoms with Crippen LogP contribution in [0, 0.1) is 0 Å². The Hall–Kier alpha value is -2.01. The second-order valence-corrected chi connectivity index (χ2v) is 6.74. The van der Waals surface area contributed by atoms with Crippen molar-refractivity contribution >= 4 is 17.0 Å². The highest BCUT2D eigenvalue weighted by atomic mass is 16.6. The minimum atomic E-state index is -0.473. The number of H-pyrrole nitrogens is 1. The van der Waals surface area contributed by atoms with E-state index in [0.29, 0.717) is 6.54 Å². The third-order valence-electron chi connectivity index (χ3n) is 3.59. The summed E-state index contributed by atoms with van der Waals surface area (Å²) in [5, 5.41) is 7.53. The lowest BCUT2D eigenvalue weighted by molar-refractivity contribution is 0.0502. The summed E-state index contributed by atoms with van der Waals surface area (Å²) in [6.45, 7) is 9.10. The zero-order valence-electron chi connectivity index (χ0n) is 14.4. The van der Waals surface area contributed by atoms with Crippen LogP contribution < -0.4 is 10.6 Å². The van der Waals surface area contributed by atoms with E-state index in [1.807, 2.05) is 27.0 Å². The third kappa shape index (κ3) is 5.28. The van der Waals surface area contributed by atoms with Gasteiger partial charge in [0, 0.05) is 30.8 Å². The highest BCUT2D eigenvalue weighted by molar-refractivity contribution is 5.82. The van der Waals surface area contributed by atoms with Crippen molar-refractivity contribution in [3.63, 3.8) is 0 Å². The predicted molar refractivity (Wildman–Crippen MR) is 93.5 cm³/mol. The van der Waals surface area contributed by atoms with Crippen LogP contribution in [-0.2, 0) is 11.3 Å². The Balaban J connectivity index is 1.84. The van der Waals surface area contributed by atoms with Crippen LogP contribution in [0.4, 0.5) is 4.79 Å². The van der Waals surface area contributed by atoms with Gasteiger partial charge in [-0.05, 0) is 44.2 Å². The molecule has 0 fully saturated rings. The van der Waals surface area contributed by atoms with Crippen molar-refractivity contribution < 1.29 is 9.53 Å². The number of carbonyl (C=O) groups excluding carboxylic acids is 1. The first-order chi connectivity index (χ1) is 10.9. The quantitative estimate of drug-likeness (QED) is 0.763. The minimum Gasteiger partial charge on any atom is -0.444 e. The Kier molecular flexibility index (Phi) is 5.66. The lowest BCUT2D eigenvalue weighted by atomic mass is 10.1. The van der Waals surface area contributed by atoms with Gasteiger partial charge in [0.1, 0.15) is 5.60 Å². The van der Waals surface area contributed by atoms with E-state index in [2.05, 4.69) is 46.8 Å². The molecule has 5 heteroatoms. The summed E-state index contributed by atoms with van der Waals surface area (Å²) in [6.07, 6.45) is 2.43. The molecule has 0 aliphatic heterocycles. The van der Waals surface area contributed by atoms with E-state index in [1.165, 1.54) is 10.9 Å². The van der Waals surface area contributed by atoms with Crippen molar-refractivity contribution in [3.8, 4) is 0 Å². The fourth-order valence-corrected chi connectivity index (χ4v) is 2.45. The van der Waals surface area contributed by atoms with Gasteiger partial charge in [-0.2, -0.15) is 0 Å². The molecule has 0 radical (unpaired) electrons. The first kappa shape index (κ1) is 17.3. The van der Waals surface area contributed by atoms with Gasteiger partial charge in [0.15, 0.2) is 0 Å². The molecule has 23 heavy (non-hydrogen) atoms. The maximum absolute atomic E-state index is 11.8. The first-order valence-electron chi connectivity index (χ1n) is 8.14. The van der Waals surface area contributed by atoms with Gasteiger partial charge >= 0.3 is 6.09 Å². The van der Waals surface area contributed by atoms with E-state index in [0.717, 1.165) is 18.5 Å². The Morgan fingerprint density at radius 2 is 2.09 bits per heavy atom. The van der Waals surface area contributed by atoms with Crippen LogP contribution in [0.5, 0.6) is 0 Å². The van der Waals surface area contributed by atoms with E-state index >= 15 is 0 Å². The van der Waals surface area contributed by atoms with Crippen LogP contribution in [0.3, 0.4) is 0 Å². The summed E-state index contributed by atoms with van der Waals surface area (Å²) in [7, 11) is 0. The number of carbonyl (C=O) groups is 1. The molecule has 3 N–H and O–H groups in total. The van der Waals surface area contributed by atoms with E-state index in [9.17, 15) is 4.79 Å². The number of amides is 1. The molecular weight excluding hydrogens is 290 g/mol. The third-order valence-corrected chi connectivity index (χ3v) is 3.59. The number of benzene rings is 1. The number of nitrogens with one attached hydrogen (secondary N) is 3. The highest BCUT2D eigenvalue weighted by Gasteiger charge is 2.18. The zero-order valence-corrected chi connectivity index (χ0v) is 14.4. The Labute approximate surface area is 137 Å². The van der Waals surface area contributed by atoms with Gasteiger partial charge in [0.2, 0.25) is 0 Å². The number of fused-ring (bicyclic) bond motifs is 1. The zero-order chi connectivity index (χ0) is 16.9. The summed E-state index contributed by atoms with van der Waals surface area (Å²) < 4.78 is 5.30. The second-order valence-electron chi connectivity index (χ2n) is 6.74. The van der Waals surface area contributed by atoms with Crippen molar-refractivity contribution in [2.24, 2.45) is 0 Å². The number of aromatic nitrogens is 1. The van der Waals surface area contributed by atoms with Gasteiger partial charge in [-0.25, -0.2) is 4.79 Å². The predicted octanol–water partition coefficient (Wildman–Crippen LogP) is 3.56. The van der Waals surface area contributed by atoms with Crippen molar-refractivity contribution in [3.05, 3.63) is 36.0 Å². The topological polar surface area (TPSA) is 66.2 Å². The van der Waals surface area contributed by atoms with Gasteiger partial charge < -0.3 is 20.4 Å². The van der Waals surface area contributed by atoms with Crippen molar-refractivity contribution in [2.45, 2.75) is 52.3 Å². The number of hydrogen-bond donors (Lipinski definition) is 3. The van der Waals surface area contributed by atoms with Crippen LogP contribution in [0.25, 0.3) is 10.9 Å². The SMILES string of the molecule is CCC(CNCc1cccc2cc[nH]c12)NC(=O)OC(C)(C)C. The van der Waals surface area contributed by atoms with Crippen LogP contribution in [0.2, 0.25) is 0 Å². The smallest absolute Gasteiger partial charge is 0.407 e. The normalized spacial score (nSPS) is 13.0. The van der Waals surface area contributed by atoms with Crippen LogP contribution >= 0.6 is 0 Å². The van der Waals surface area contributed by atoms with Crippen molar-refractivity contribution in [1.82, 2.24) is 15.6 Å². The number of alkyl carbamates (subject to hydrolysis) is 1. The molecule has 2 rings (SSSR count). The second kappa shape index (κ2) is 7.51.